The van der Waals surface area contributed by atoms with Crippen LogP contribution in [0.5, 0.6) is 0 Å². The average molecular weight is 458 g/mol. The minimum absolute atomic E-state index is 0.239. The summed E-state index contributed by atoms with van der Waals surface area (Å²) in [5, 5.41) is 3.11. The number of nitrogens with zero attached hydrogens (tertiary/aromatic N) is 2. The van der Waals surface area contributed by atoms with Gasteiger partial charge in [0.05, 0.1) is 16.5 Å². The van der Waals surface area contributed by atoms with Crippen LogP contribution in [0.4, 0.5) is 5.69 Å². The zero-order valence-electron chi connectivity index (χ0n) is 18.3. The van der Waals surface area contributed by atoms with Gasteiger partial charge in [0.1, 0.15) is 6.29 Å². The highest BCUT2D eigenvalue weighted by Crippen LogP contribution is 2.28. The molecule has 1 unspecified atom stereocenters. The van der Waals surface area contributed by atoms with Gasteiger partial charge in [-0.3, -0.25) is 9.59 Å². The van der Waals surface area contributed by atoms with Crippen LogP contribution >= 0.6 is 11.8 Å². The van der Waals surface area contributed by atoms with Crippen LogP contribution in [-0.2, 0) is 20.9 Å². The number of aliphatic imine (C=N–C) groups is 1. The normalized spacial score (nSPS) is 20.2. The lowest BCUT2D eigenvalue weighted by molar-refractivity contribution is -0.122. The molecule has 1 aliphatic carbocycles. The Morgan fingerprint density at radius 2 is 1.82 bits per heavy atom. The van der Waals surface area contributed by atoms with Crippen LogP contribution in [0.2, 0.25) is 0 Å². The van der Waals surface area contributed by atoms with E-state index in [0.29, 0.717) is 22.1 Å². The first-order valence-electron chi connectivity index (χ1n) is 10.5. The summed E-state index contributed by atoms with van der Waals surface area (Å²) in [6.45, 7) is 2.88. The number of amides is 1. The topological polar surface area (TPSA) is 78.8 Å². The first-order valence-corrected chi connectivity index (χ1v) is 11.3. The van der Waals surface area contributed by atoms with Gasteiger partial charge in [0.15, 0.2) is 11.0 Å². The Bertz CT molecular complexity index is 1210. The molecule has 1 amide bonds. The van der Waals surface area contributed by atoms with E-state index in [1.54, 1.807) is 6.08 Å². The third-order valence-corrected chi connectivity index (χ3v) is 6.20. The molecule has 2 aromatic carbocycles. The highest BCUT2D eigenvalue weighted by Gasteiger charge is 2.25. The summed E-state index contributed by atoms with van der Waals surface area (Å²) in [5.41, 5.74) is 4.88. The van der Waals surface area contributed by atoms with Crippen LogP contribution in [-0.4, -0.2) is 30.2 Å². The average Bonchev–Trinajstić information content (AvgIpc) is 3.14. The molecule has 0 radical (unpaired) electrons. The molecule has 1 N–H and O–H groups in total. The fourth-order valence-electron chi connectivity index (χ4n) is 3.40. The first kappa shape index (κ1) is 22.5. The van der Waals surface area contributed by atoms with Crippen molar-refractivity contribution in [2.45, 2.75) is 13.5 Å². The molecule has 0 spiro atoms. The maximum atomic E-state index is 12.4. The summed E-state index contributed by atoms with van der Waals surface area (Å²) in [5.74, 6) is -1.31. The van der Waals surface area contributed by atoms with E-state index in [9.17, 15) is 14.4 Å². The molecule has 1 atom stereocenters. The highest BCUT2D eigenvalue weighted by atomic mass is 32.2. The van der Waals surface area contributed by atoms with E-state index in [1.165, 1.54) is 35.0 Å². The van der Waals surface area contributed by atoms with Crippen LogP contribution in [0.15, 0.2) is 82.4 Å². The van der Waals surface area contributed by atoms with Gasteiger partial charge in [0.2, 0.25) is 0 Å². The monoisotopic (exact) mass is 457 g/mol. The Labute approximate surface area is 196 Å². The number of thioether (sulfide) groups is 1. The van der Waals surface area contributed by atoms with Gasteiger partial charge >= 0.3 is 0 Å². The number of anilines is 1. The van der Waals surface area contributed by atoms with Crippen LogP contribution in [0.3, 0.4) is 0 Å². The van der Waals surface area contributed by atoms with E-state index < -0.39 is 5.92 Å². The van der Waals surface area contributed by atoms with Crippen molar-refractivity contribution in [2.24, 2.45) is 10.9 Å². The van der Waals surface area contributed by atoms with Crippen molar-refractivity contribution in [3.05, 3.63) is 94.1 Å². The molecule has 1 saturated heterocycles. The lowest BCUT2D eigenvalue weighted by Crippen LogP contribution is -2.20. The molecule has 4 rings (SSSR count). The Morgan fingerprint density at radius 1 is 1.09 bits per heavy atom. The lowest BCUT2D eigenvalue weighted by Gasteiger charge is -2.19. The zero-order valence-corrected chi connectivity index (χ0v) is 19.1. The van der Waals surface area contributed by atoms with E-state index in [4.69, 9.17) is 0 Å². The second-order valence-corrected chi connectivity index (χ2v) is 8.94. The maximum absolute atomic E-state index is 12.4. The van der Waals surface area contributed by atoms with E-state index in [-0.39, 0.29) is 11.7 Å². The SMILES string of the molecule is Cc1ccc(CN(C)c2ccc(C=C3SC(=NC4=CC(=O)C(C=O)C=C4)NC3=O)cc2)cc1. The van der Waals surface area contributed by atoms with Crippen molar-refractivity contribution in [3.63, 3.8) is 0 Å². The number of carbonyl (C=O) groups excluding carboxylic acids is 3. The molecule has 1 aliphatic heterocycles. The number of nitrogens with one attached hydrogen (secondary N) is 1. The van der Waals surface area contributed by atoms with Crippen LogP contribution in [0, 0.1) is 12.8 Å². The van der Waals surface area contributed by atoms with Gasteiger partial charge < -0.3 is 15.0 Å². The standard InChI is InChI=1S/C26H23N3O3S/c1-17-3-5-19(6-4-17)15-29(2)22-11-7-18(8-12-22)13-24-25(32)28-26(33-24)27-21-10-9-20(16-30)23(31)14-21/h3-14,16,20H,15H2,1-2H3,(H,27,28,32). The zero-order chi connectivity index (χ0) is 23.4. The minimum Gasteiger partial charge on any atom is -0.370 e. The summed E-state index contributed by atoms with van der Waals surface area (Å²) in [6, 6.07) is 16.5. The Morgan fingerprint density at radius 3 is 2.48 bits per heavy atom. The van der Waals surface area contributed by atoms with Crippen molar-refractivity contribution in [1.29, 1.82) is 0 Å². The van der Waals surface area contributed by atoms with E-state index >= 15 is 0 Å². The highest BCUT2D eigenvalue weighted by molar-refractivity contribution is 8.18. The second-order valence-electron chi connectivity index (χ2n) is 7.91. The number of aldehydes is 1. The molecule has 0 saturated carbocycles. The van der Waals surface area contributed by atoms with Crippen molar-refractivity contribution in [3.8, 4) is 0 Å². The van der Waals surface area contributed by atoms with Gasteiger partial charge in [-0.05, 0) is 54.1 Å². The Balaban J connectivity index is 1.42. The third kappa shape index (κ3) is 5.56. The van der Waals surface area contributed by atoms with Crippen molar-refractivity contribution in [2.75, 3.05) is 11.9 Å². The molecule has 0 bridgehead atoms. The Hall–Kier alpha value is -3.71. The molecular weight excluding hydrogens is 434 g/mol. The predicted octanol–water partition coefficient (Wildman–Crippen LogP) is 4.03. The van der Waals surface area contributed by atoms with Gasteiger partial charge in [0, 0.05) is 25.4 Å². The molecule has 6 nitrogen and oxygen atoms in total. The number of benzene rings is 2. The second kappa shape index (κ2) is 9.83. The largest absolute Gasteiger partial charge is 0.370 e. The summed E-state index contributed by atoms with van der Waals surface area (Å²) in [6.07, 6.45) is 6.83. The number of amidine groups is 1. The number of aryl methyl sites for hydroxylation is 1. The summed E-state index contributed by atoms with van der Waals surface area (Å²) in [7, 11) is 2.05. The molecule has 2 aromatic rings. The number of allylic oxidation sites excluding steroid dienone is 3. The molecule has 7 heteroatoms. The molecule has 1 heterocycles. The fourth-order valence-corrected chi connectivity index (χ4v) is 4.24. The summed E-state index contributed by atoms with van der Waals surface area (Å²) < 4.78 is 0. The Kier molecular flexibility index (Phi) is 6.70. The maximum Gasteiger partial charge on any atom is 0.264 e. The van der Waals surface area contributed by atoms with Crippen LogP contribution in [0.1, 0.15) is 16.7 Å². The third-order valence-electron chi connectivity index (χ3n) is 5.29. The summed E-state index contributed by atoms with van der Waals surface area (Å²) >= 11 is 1.21. The van der Waals surface area contributed by atoms with E-state index in [0.717, 1.165) is 17.8 Å². The van der Waals surface area contributed by atoms with E-state index in [1.807, 2.05) is 37.4 Å². The lowest BCUT2D eigenvalue weighted by atomic mass is 10.00. The smallest absolute Gasteiger partial charge is 0.264 e. The molecule has 166 valence electrons. The van der Waals surface area contributed by atoms with Gasteiger partial charge in [-0.15, -0.1) is 0 Å². The summed E-state index contributed by atoms with van der Waals surface area (Å²) in [4.78, 5) is 42.0. The molecule has 0 aromatic heterocycles. The van der Waals surface area contributed by atoms with Crippen molar-refractivity contribution in [1.82, 2.24) is 5.32 Å². The number of hydrogen-bond donors (Lipinski definition) is 1. The molecule has 2 aliphatic rings. The van der Waals surface area contributed by atoms with Gasteiger partial charge in [0.25, 0.3) is 5.91 Å². The fraction of sp³-hybridized carbons (Fsp3) is 0.154. The molecular formula is C26H23N3O3S. The quantitative estimate of drug-likeness (QED) is 0.403. The number of rotatable bonds is 6. The number of hydrogen-bond acceptors (Lipinski definition) is 6. The molecule has 1 fully saturated rings. The van der Waals surface area contributed by atoms with Crippen LogP contribution in [0.25, 0.3) is 6.08 Å². The predicted molar refractivity (Wildman–Crippen MR) is 133 cm³/mol. The van der Waals surface area contributed by atoms with Gasteiger partial charge in [-0.25, -0.2) is 4.99 Å². The number of carbonyl (C=O) groups is 3. The van der Waals surface area contributed by atoms with Crippen molar-refractivity contribution >= 4 is 46.7 Å². The van der Waals surface area contributed by atoms with Crippen LogP contribution < -0.4 is 10.2 Å². The first-order chi connectivity index (χ1) is 15.9. The van der Waals surface area contributed by atoms with Gasteiger partial charge in [-0.2, -0.15) is 0 Å². The van der Waals surface area contributed by atoms with Crippen molar-refractivity contribution < 1.29 is 14.4 Å². The number of ketones is 1. The minimum atomic E-state index is -0.755. The van der Waals surface area contributed by atoms with E-state index in [2.05, 4.69) is 46.4 Å². The van der Waals surface area contributed by atoms with Gasteiger partial charge in [-0.1, -0.05) is 48.0 Å². The molecule has 33 heavy (non-hydrogen) atoms.